The van der Waals surface area contributed by atoms with Crippen molar-refractivity contribution < 1.29 is 4.79 Å². The molecule has 0 saturated heterocycles. The van der Waals surface area contributed by atoms with Crippen molar-refractivity contribution in [3.63, 3.8) is 0 Å². The van der Waals surface area contributed by atoms with Crippen molar-refractivity contribution >= 4 is 11.7 Å². The predicted octanol–water partition coefficient (Wildman–Crippen LogP) is 1.31. The molecular weight excluding hydrogens is 228 g/mol. The zero-order chi connectivity index (χ0) is 12.4. The number of H-pyrrole nitrogens is 1. The number of hydrogen-bond acceptors (Lipinski definition) is 3. The Bertz CT molecular complexity index is 562. The Balaban J connectivity index is 1.89. The van der Waals surface area contributed by atoms with E-state index in [1.54, 1.807) is 12.3 Å². The zero-order valence-corrected chi connectivity index (χ0v) is 9.86. The lowest BCUT2D eigenvalue weighted by Gasteiger charge is -2.19. The van der Waals surface area contributed by atoms with E-state index in [1.807, 2.05) is 12.1 Å². The number of fused-ring (bicyclic) bond motifs is 1. The van der Waals surface area contributed by atoms with Gasteiger partial charge in [-0.2, -0.15) is 5.10 Å². The molecule has 1 aromatic carbocycles. The molecule has 5 heteroatoms. The van der Waals surface area contributed by atoms with Gasteiger partial charge in [0.2, 0.25) is 0 Å². The Morgan fingerprint density at radius 3 is 3.11 bits per heavy atom. The summed E-state index contributed by atoms with van der Waals surface area (Å²) in [6.45, 7) is 1.75. The molecule has 1 aliphatic heterocycles. The average molecular weight is 242 g/mol. The molecule has 0 atom stereocenters. The second kappa shape index (κ2) is 4.62. The van der Waals surface area contributed by atoms with Gasteiger partial charge in [0.25, 0.3) is 5.91 Å². The number of carbonyl (C=O) groups excluding carboxylic acids is 1. The number of rotatable bonds is 2. The number of aromatic nitrogens is 2. The summed E-state index contributed by atoms with van der Waals surface area (Å²) in [6.07, 6.45) is 2.50. The molecule has 2 aromatic rings. The number of nitrogens with zero attached hydrogens (tertiary/aromatic N) is 1. The van der Waals surface area contributed by atoms with Crippen LogP contribution in [-0.4, -0.2) is 22.6 Å². The van der Waals surface area contributed by atoms with Gasteiger partial charge in [0.15, 0.2) is 0 Å². The summed E-state index contributed by atoms with van der Waals surface area (Å²) in [7, 11) is 0. The number of anilines is 1. The lowest BCUT2D eigenvalue weighted by Crippen LogP contribution is -2.26. The van der Waals surface area contributed by atoms with Gasteiger partial charge in [0.05, 0.1) is 6.20 Å². The van der Waals surface area contributed by atoms with Crippen LogP contribution in [0.15, 0.2) is 30.5 Å². The Kier molecular flexibility index (Phi) is 2.82. The van der Waals surface area contributed by atoms with Crippen LogP contribution in [0, 0.1) is 0 Å². The topological polar surface area (TPSA) is 69.8 Å². The molecule has 1 amide bonds. The third-order valence-electron chi connectivity index (χ3n) is 3.13. The normalized spacial score (nSPS) is 14.0. The van der Waals surface area contributed by atoms with Crippen LogP contribution in [0.1, 0.15) is 21.5 Å². The zero-order valence-electron chi connectivity index (χ0n) is 9.86. The summed E-state index contributed by atoms with van der Waals surface area (Å²) in [6, 6.07) is 7.59. The van der Waals surface area contributed by atoms with Crippen LogP contribution in [0.4, 0.5) is 5.82 Å². The first-order valence-corrected chi connectivity index (χ1v) is 5.97. The number of carbonyl (C=O) groups is 1. The fourth-order valence-corrected chi connectivity index (χ4v) is 2.26. The maximum absolute atomic E-state index is 12.2. The minimum atomic E-state index is -0.0852. The van der Waals surface area contributed by atoms with Gasteiger partial charge in [-0.3, -0.25) is 9.89 Å². The van der Waals surface area contributed by atoms with E-state index in [9.17, 15) is 4.79 Å². The maximum Gasteiger partial charge on any atom is 0.257 e. The van der Waals surface area contributed by atoms with Crippen LogP contribution in [0.25, 0.3) is 0 Å². The SMILES string of the molecule is O=C(Nc1ccn[nH]1)c1cccc2c1CCNC2. The molecule has 18 heavy (non-hydrogen) atoms. The van der Waals surface area contributed by atoms with Crippen LogP contribution in [0.5, 0.6) is 0 Å². The molecule has 0 unspecified atom stereocenters. The highest BCUT2D eigenvalue weighted by atomic mass is 16.1. The van der Waals surface area contributed by atoms with Crippen molar-refractivity contribution in [2.45, 2.75) is 13.0 Å². The minimum absolute atomic E-state index is 0.0852. The molecule has 1 aliphatic rings. The van der Waals surface area contributed by atoms with Gasteiger partial charge in [0, 0.05) is 18.2 Å². The number of aromatic amines is 1. The second-order valence-corrected chi connectivity index (χ2v) is 4.29. The fraction of sp³-hybridized carbons (Fsp3) is 0.231. The molecule has 0 radical (unpaired) electrons. The van der Waals surface area contributed by atoms with Crippen LogP contribution >= 0.6 is 0 Å². The third-order valence-corrected chi connectivity index (χ3v) is 3.13. The summed E-state index contributed by atoms with van der Waals surface area (Å²) < 4.78 is 0. The van der Waals surface area contributed by atoms with Crippen molar-refractivity contribution in [2.24, 2.45) is 0 Å². The first-order chi connectivity index (χ1) is 8.84. The summed E-state index contributed by atoms with van der Waals surface area (Å²) in [4.78, 5) is 12.2. The first kappa shape index (κ1) is 11.0. The van der Waals surface area contributed by atoms with E-state index in [-0.39, 0.29) is 5.91 Å². The predicted molar refractivity (Wildman–Crippen MR) is 68.4 cm³/mol. The van der Waals surface area contributed by atoms with Crippen molar-refractivity contribution in [3.8, 4) is 0 Å². The van der Waals surface area contributed by atoms with E-state index in [0.717, 1.165) is 30.6 Å². The number of hydrogen-bond donors (Lipinski definition) is 3. The van der Waals surface area contributed by atoms with Gasteiger partial charge >= 0.3 is 0 Å². The second-order valence-electron chi connectivity index (χ2n) is 4.29. The van der Waals surface area contributed by atoms with E-state index in [2.05, 4.69) is 26.9 Å². The maximum atomic E-state index is 12.2. The van der Waals surface area contributed by atoms with Crippen LogP contribution in [0.2, 0.25) is 0 Å². The van der Waals surface area contributed by atoms with Gasteiger partial charge in [-0.15, -0.1) is 0 Å². The van der Waals surface area contributed by atoms with Crippen molar-refractivity contribution in [3.05, 3.63) is 47.2 Å². The smallest absolute Gasteiger partial charge is 0.257 e. The van der Waals surface area contributed by atoms with Gasteiger partial charge in [-0.05, 0) is 30.2 Å². The van der Waals surface area contributed by atoms with E-state index in [0.29, 0.717) is 5.82 Å². The fourth-order valence-electron chi connectivity index (χ4n) is 2.26. The molecule has 3 rings (SSSR count). The molecule has 0 fully saturated rings. The van der Waals surface area contributed by atoms with Gasteiger partial charge in [-0.1, -0.05) is 12.1 Å². The third kappa shape index (κ3) is 2.00. The van der Waals surface area contributed by atoms with Crippen molar-refractivity contribution in [2.75, 3.05) is 11.9 Å². The number of nitrogens with one attached hydrogen (secondary N) is 3. The van der Waals surface area contributed by atoms with Crippen LogP contribution < -0.4 is 10.6 Å². The Morgan fingerprint density at radius 1 is 1.33 bits per heavy atom. The molecule has 0 bridgehead atoms. The Hall–Kier alpha value is -2.14. The lowest BCUT2D eigenvalue weighted by molar-refractivity contribution is 0.102. The Labute approximate surface area is 105 Å². The molecule has 3 N–H and O–H groups in total. The molecule has 92 valence electrons. The van der Waals surface area contributed by atoms with E-state index in [4.69, 9.17) is 0 Å². The van der Waals surface area contributed by atoms with Crippen LogP contribution in [0.3, 0.4) is 0 Å². The van der Waals surface area contributed by atoms with Crippen LogP contribution in [-0.2, 0) is 13.0 Å². The highest BCUT2D eigenvalue weighted by molar-refractivity contribution is 6.05. The van der Waals surface area contributed by atoms with E-state index >= 15 is 0 Å². The van der Waals surface area contributed by atoms with Gasteiger partial charge < -0.3 is 10.6 Å². The summed E-state index contributed by atoms with van der Waals surface area (Å²) in [5.41, 5.74) is 3.11. The van der Waals surface area contributed by atoms with Gasteiger partial charge in [0.1, 0.15) is 5.82 Å². The Morgan fingerprint density at radius 2 is 2.28 bits per heavy atom. The van der Waals surface area contributed by atoms with Gasteiger partial charge in [-0.25, -0.2) is 0 Å². The average Bonchev–Trinajstić information content (AvgIpc) is 2.91. The quantitative estimate of drug-likeness (QED) is 0.743. The molecule has 0 spiro atoms. The molecule has 0 saturated carbocycles. The molecule has 5 nitrogen and oxygen atoms in total. The summed E-state index contributed by atoms with van der Waals surface area (Å²) >= 11 is 0. The largest absolute Gasteiger partial charge is 0.312 e. The molecule has 1 aromatic heterocycles. The van der Waals surface area contributed by atoms with E-state index < -0.39 is 0 Å². The number of benzene rings is 1. The number of amides is 1. The molecular formula is C13H14N4O. The lowest BCUT2D eigenvalue weighted by atomic mass is 9.95. The van der Waals surface area contributed by atoms with Crippen molar-refractivity contribution in [1.29, 1.82) is 0 Å². The minimum Gasteiger partial charge on any atom is -0.312 e. The highest BCUT2D eigenvalue weighted by Crippen LogP contribution is 2.19. The summed E-state index contributed by atoms with van der Waals surface area (Å²) in [5.74, 6) is 0.532. The summed E-state index contributed by atoms with van der Waals surface area (Å²) in [5, 5.41) is 12.6. The van der Waals surface area contributed by atoms with E-state index in [1.165, 1.54) is 5.56 Å². The highest BCUT2D eigenvalue weighted by Gasteiger charge is 2.17. The first-order valence-electron chi connectivity index (χ1n) is 5.97. The van der Waals surface area contributed by atoms with Crippen molar-refractivity contribution in [1.82, 2.24) is 15.5 Å². The monoisotopic (exact) mass is 242 g/mol. The molecule has 2 heterocycles. The standard InChI is InChI=1S/C13H14N4O/c18-13(16-12-5-7-15-17-12)11-3-1-2-9-8-14-6-4-10(9)11/h1-3,5,7,14H,4,6,8H2,(H2,15,16,17,18). The molecule has 0 aliphatic carbocycles.